The van der Waals surface area contributed by atoms with Gasteiger partial charge < -0.3 is 9.64 Å². The highest BCUT2D eigenvalue weighted by molar-refractivity contribution is 5.77. The lowest BCUT2D eigenvalue weighted by atomic mass is 9.94. The Labute approximate surface area is 110 Å². The van der Waals surface area contributed by atoms with Crippen LogP contribution in [-0.2, 0) is 14.3 Å². The second-order valence-corrected chi connectivity index (χ2v) is 4.79. The SMILES string of the molecule is CCOC(=O)CCN(C(=O)CC)C1CCCCC1. The molecule has 1 amide bonds. The fourth-order valence-corrected chi connectivity index (χ4v) is 2.55. The van der Waals surface area contributed by atoms with E-state index in [0.29, 0.717) is 32.0 Å². The first kappa shape index (κ1) is 15.0. The normalized spacial score (nSPS) is 16.3. The van der Waals surface area contributed by atoms with Gasteiger partial charge in [0.1, 0.15) is 0 Å². The molecule has 0 spiro atoms. The molecule has 1 fully saturated rings. The lowest BCUT2D eigenvalue weighted by Crippen LogP contribution is -2.42. The number of hydrogen-bond acceptors (Lipinski definition) is 3. The zero-order valence-electron chi connectivity index (χ0n) is 11.6. The first-order valence-electron chi connectivity index (χ1n) is 7.14. The lowest BCUT2D eigenvalue weighted by Gasteiger charge is -2.34. The van der Waals surface area contributed by atoms with Crippen molar-refractivity contribution in [2.75, 3.05) is 13.2 Å². The molecule has 0 aromatic rings. The molecular formula is C14H25NO3. The van der Waals surface area contributed by atoms with Crippen molar-refractivity contribution < 1.29 is 14.3 Å². The monoisotopic (exact) mass is 255 g/mol. The summed E-state index contributed by atoms with van der Waals surface area (Å²) in [5, 5.41) is 0. The van der Waals surface area contributed by atoms with Gasteiger partial charge in [-0.15, -0.1) is 0 Å². The Morgan fingerprint density at radius 1 is 1.17 bits per heavy atom. The number of ether oxygens (including phenoxy) is 1. The highest BCUT2D eigenvalue weighted by Crippen LogP contribution is 2.23. The van der Waals surface area contributed by atoms with Crippen molar-refractivity contribution in [3.05, 3.63) is 0 Å². The van der Waals surface area contributed by atoms with Crippen LogP contribution < -0.4 is 0 Å². The predicted molar refractivity (Wildman–Crippen MR) is 70.1 cm³/mol. The number of carbonyl (C=O) groups is 2. The molecule has 4 nitrogen and oxygen atoms in total. The highest BCUT2D eigenvalue weighted by atomic mass is 16.5. The molecule has 1 aliphatic carbocycles. The summed E-state index contributed by atoms with van der Waals surface area (Å²) in [5.74, 6) is -0.0478. The van der Waals surface area contributed by atoms with Crippen molar-refractivity contribution in [2.24, 2.45) is 0 Å². The highest BCUT2D eigenvalue weighted by Gasteiger charge is 2.24. The quantitative estimate of drug-likeness (QED) is 0.685. The minimum Gasteiger partial charge on any atom is -0.466 e. The van der Waals surface area contributed by atoms with Crippen molar-refractivity contribution in [3.8, 4) is 0 Å². The summed E-state index contributed by atoms with van der Waals surface area (Å²) in [5.41, 5.74) is 0. The summed E-state index contributed by atoms with van der Waals surface area (Å²) in [6, 6.07) is 0.334. The molecular weight excluding hydrogens is 230 g/mol. The maximum Gasteiger partial charge on any atom is 0.307 e. The summed E-state index contributed by atoms with van der Waals surface area (Å²) in [7, 11) is 0. The van der Waals surface area contributed by atoms with Crippen LogP contribution in [0.5, 0.6) is 0 Å². The zero-order valence-corrected chi connectivity index (χ0v) is 11.6. The average Bonchev–Trinajstić information content (AvgIpc) is 2.40. The van der Waals surface area contributed by atoms with E-state index in [1.165, 1.54) is 19.3 Å². The van der Waals surface area contributed by atoms with Gasteiger partial charge >= 0.3 is 5.97 Å². The van der Waals surface area contributed by atoms with Gasteiger partial charge in [-0.25, -0.2) is 0 Å². The Kier molecular flexibility index (Phi) is 6.76. The average molecular weight is 255 g/mol. The van der Waals surface area contributed by atoms with Gasteiger partial charge in [-0.3, -0.25) is 9.59 Å². The molecule has 0 saturated heterocycles. The molecule has 0 aliphatic heterocycles. The van der Waals surface area contributed by atoms with Crippen molar-refractivity contribution in [3.63, 3.8) is 0 Å². The van der Waals surface area contributed by atoms with Crippen LogP contribution in [0.15, 0.2) is 0 Å². The lowest BCUT2D eigenvalue weighted by molar-refractivity contribution is -0.144. The van der Waals surface area contributed by atoms with Gasteiger partial charge in [-0.2, -0.15) is 0 Å². The van der Waals surface area contributed by atoms with Crippen LogP contribution in [0.25, 0.3) is 0 Å². The van der Waals surface area contributed by atoms with Gasteiger partial charge in [0.15, 0.2) is 0 Å². The number of nitrogens with zero attached hydrogens (tertiary/aromatic N) is 1. The van der Waals surface area contributed by atoms with E-state index in [-0.39, 0.29) is 11.9 Å². The van der Waals surface area contributed by atoms with Crippen molar-refractivity contribution in [2.45, 2.75) is 64.8 Å². The molecule has 0 atom stereocenters. The molecule has 1 saturated carbocycles. The van der Waals surface area contributed by atoms with E-state index in [1.54, 1.807) is 6.92 Å². The fourth-order valence-electron chi connectivity index (χ4n) is 2.55. The maximum atomic E-state index is 12.0. The molecule has 104 valence electrons. The van der Waals surface area contributed by atoms with E-state index in [1.807, 2.05) is 11.8 Å². The molecule has 0 aromatic carbocycles. The van der Waals surface area contributed by atoms with Crippen molar-refractivity contribution in [1.29, 1.82) is 0 Å². The minimum atomic E-state index is -0.206. The van der Waals surface area contributed by atoms with E-state index in [4.69, 9.17) is 4.74 Å². The van der Waals surface area contributed by atoms with E-state index >= 15 is 0 Å². The van der Waals surface area contributed by atoms with Gasteiger partial charge in [0.25, 0.3) is 0 Å². The summed E-state index contributed by atoms with van der Waals surface area (Å²) in [6.07, 6.45) is 6.64. The Bertz CT molecular complexity index is 272. The Morgan fingerprint density at radius 3 is 2.39 bits per heavy atom. The Balaban J connectivity index is 2.49. The third-order valence-electron chi connectivity index (χ3n) is 3.50. The smallest absolute Gasteiger partial charge is 0.307 e. The molecule has 0 heterocycles. The van der Waals surface area contributed by atoms with Crippen molar-refractivity contribution in [1.82, 2.24) is 4.90 Å². The number of rotatable bonds is 6. The first-order valence-corrected chi connectivity index (χ1v) is 7.14. The molecule has 18 heavy (non-hydrogen) atoms. The second-order valence-electron chi connectivity index (χ2n) is 4.79. The zero-order chi connectivity index (χ0) is 13.4. The maximum absolute atomic E-state index is 12.0. The Hall–Kier alpha value is -1.06. The van der Waals surface area contributed by atoms with Crippen LogP contribution in [0, 0.1) is 0 Å². The predicted octanol–water partition coefficient (Wildman–Crippen LogP) is 2.51. The van der Waals surface area contributed by atoms with Gasteiger partial charge in [-0.05, 0) is 19.8 Å². The minimum absolute atomic E-state index is 0.159. The standard InChI is InChI=1S/C14H25NO3/c1-3-13(16)15(11-10-14(17)18-4-2)12-8-6-5-7-9-12/h12H,3-11H2,1-2H3. The van der Waals surface area contributed by atoms with E-state index in [0.717, 1.165) is 12.8 Å². The van der Waals surface area contributed by atoms with Crippen LogP contribution in [0.1, 0.15) is 58.8 Å². The van der Waals surface area contributed by atoms with Crippen molar-refractivity contribution >= 4 is 11.9 Å². The number of amides is 1. The van der Waals surface area contributed by atoms with E-state index in [2.05, 4.69) is 0 Å². The number of hydrogen-bond donors (Lipinski definition) is 0. The van der Waals surface area contributed by atoms with E-state index < -0.39 is 0 Å². The van der Waals surface area contributed by atoms with Gasteiger partial charge in [0.05, 0.1) is 13.0 Å². The van der Waals surface area contributed by atoms with Gasteiger partial charge in [0, 0.05) is 19.0 Å². The van der Waals surface area contributed by atoms with Crippen LogP contribution in [0.4, 0.5) is 0 Å². The molecule has 1 rings (SSSR count). The summed E-state index contributed by atoms with van der Waals surface area (Å²) >= 11 is 0. The first-order chi connectivity index (χ1) is 8.69. The third-order valence-corrected chi connectivity index (χ3v) is 3.50. The second kappa shape index (κ2) is 8.11. The third kappa shape index (κ3) is 4.67. The summed E-state index contributed by atoms with van der Waals surface area (Å²) in [6.45, 7) is 4.59. The van der Waals surface area contributed by atoms with Gasteiger partial charge in [-0.1, -0.05) is 26.2 Å². The summed E-state index contributed by atoms with van der Waals surface area (Å²) in [4.78, 5) is 25.2. The number of esters is 1. The molecule has 0 bridgehead atoms. The van der Waals surface area contributed by atoms with Crippen LogP contribution in [0.2, 0.25) is 0 Å². The van der Waals surface area contributed by atoms with Crippen LogP contribution >= 0.6 is 0 Å². The molecule has 1 aliphatic rings. The topological polar surface area (TPSA) is 46.6 Å². The largest absolute Gasteiger partial charge is 0.466 e. The molecule has 0 N–H and O–H groups in total. The van der Waals surface area contributed by atoms with Crippen LogP contribution in [0.3, 0.4) is 0 Å². The van der Waals surface area contributed by atoms with Gasteiger partial charge in [0.2, 0.25) is 5.91 Å². The number of carbonyl (C=O) groups excluding carboxylic acids is 2. The Morgan fingerprint density at radius 2 is 1.83 bits per heavy atom. The molecule has 0 unspecified atom stereocenters. The summed E-state index contributed by atoms with van der Waals surface area (Å²) < 4.78 is 4.92. The van der Waals surface area contributed by atoms with E-state index in [9.17, 15) is 9.59 Å². The molecule has 0 radical (unpaired) electrons. The fraction of sp³-hybridized carbons (Fsp3) is 0.857. The van der Waals surface area contributed by atoms with Crippen LogP contribution in [-0.4, -0.2) is 36.0 Å². The molecule has 4 heteroatoms. The molecule has 0 aromatic heterocycles.